The number of hydrogen-bond acceptors (Lipinski definition) is 7. The zero-order chi connectivity index (χ0) is 21.7. The van der Waals surface area contributed by atoms with Crippen molar-refractivity contribution in [3.63, 3.8) is 0 Å². The molecule has 0 spiro atoms. The Balaban J connectivity index is 1.23. The molecule has 8 nitrogen and oxygen atoms in total. The number of rotatable bonds is 8. The van der Waals surface area contributed by atoms with Crippen LogP contribution in [0, 0.1) is 0 Å². The Morgan fingerprint density at radius 2 is 1.77 bits per heavy atom. The predicted octanol–water partition coefficient (Wildman–Crippen LogP) is 1.99. The molecule has 3 heterocycles. The van der Waals surface area contributed by atoms with E-state index in [0.29, 0.717) is 17.1 Å². The van der Waals surface area contributed by atoms with Gasteiger partial charge in [0, 0.05) is 44.5 Å². The molecule has 164 valence electrons. The van der Waals surface area contributed by atoms with E-state index in [-0.39, 0.29) is 9.77 Å². The maximum atomic E-state index is 12.6. The monoisotopic (exact) mass is 459 g/mol. The molecule has 1 saturated heterocycles. The first kappa shape index (κ1) is 21.7. The summed E-state index contributed by atoms with van der Waals surface area (Å²) >= 11 is 1.13. The molecule has 0 saturated carbocycles. The highest BCUT2D eigenvalue weighted by atomic mass is 32.2. The minimum absolute atomic E-state index is 0.243. The normalized spacial score (nSPS) is 15.3. The number of anilines is 1. The van der Waals surface area contributed by atoms with E-state index in [0.717, 1.165) is 50.5 Å². The van der Waals surface area contributed by atoms with Gasteiger partial charge in [0.2, 0.25) is 10.0 Å². The highest BCUT2D eigenvalue weighted by Gasteiger charge is 2.19. The van der Waals surface area contributed by atoms with E-state index in [9.17, 15) is 13.2 Å². The van der Waals surface area contributed by atoms with Gasteiger partial charge in [-0.1, -0.05) is 18.2 Å². The molecule has 10 heteroatoms. The molecule has 31 heavy (non-hydrogen) atoms. The number of hydrogen-bond donors (Lipinski definition) is 2. The van der Waals surface area contributed by atoms with Crippen LogP contribution in [0.5, 0.6) is 0 Å². The van der Waals surface area contributed by atoms with Crippen LogP contribution in [0.25, 0.3) is 10.6 Å². The van der Waals surface area contributed by atoms with Crippen LogP contribution in [0.2, 0.25) is 0 Å². The van der Waals surface area contributed by atoms with Gasteiger partial charge in [0.15, 0.2) is 0 Å². The number of nitrogens with zero attached hydrogens (tertiary/aromatic N) is 3. The van der Waals surface area contributed by atoms with E-state index >= 15 is 0 Å². The minimum atomic E-state index is -3.56. The fraction of sp³-hybridized carbons (Fsp3) is 0.333. The molecule has 0 bridgehead atoms. The van der Waals surface area contributed by atoms with Gasteiger partial charge in [-0.05, 0) is 43.3 Å². The van der Waals surface area contributed by atoms with Crippen molar-refractivity contribution in [1.29, 1.82) is 0 Å². The third-order valence-corrected chi connectivity index (χ3v) is 8.28. The van der Waals surface area contributed by atoms with Gasteiger partial charge in [-0.3, -0.25) is 9.69 Å². The lowest BCUT2D eigenvalue weighted by Gasteiger charge is -2.36. The van der Waals surface area contributed by atoms with E-state index in [1.165, 1.54) is 11.8 Å². The average molecular weight is 460 g/mol. The van der Waals surface area contributed by atoms with Crippen molar-refractivity contribution >= 4 is 27.0 Å². The Morgan fingerprint density at radius 1 is 1.00 bits per heavy atom. The van der Waals surface area contributed by atoms with Gasteiger partial charge in [0.1, 0.15) is 9.90 Å². The number of H-pyrrole nitrogens is 1. The highest BCUT2D eigenvalue weighted by Crippen LogP contribution is 2.28. The molecular formula is C21H25N5O3S2. The van der Waals surface area contributed by atoms with E-state index in [1.807, 2.05) is 6.07 Å². The van der Waals surface area contributed by atoms with E-state index < -0.39 is 10.0 Å². The van der Waals surface area contributed by atoms with Crippen LogP contribution < -0.4 is 15.2 Å². The number of para-hydroxylation sites is 1. The van der Waals surface area contributed by atoms with Gasteiger partial charge in [-0.2, -0.15) is 5.10 Å². The van der Waals surface area contributed by atoms with Crippen LogP contribution >= 0.6 is 11.3 Å². The van der Waals surface area contributed by atoms with Gasteiger partial charge >= 0.3 is 0 Å². The number of piperazine rings is 1. The molecule has 1 aliphatic heterocycles. The van der Waals surface area contributed by atoms with Crippen LogP contribution in [-0.4, -0.2) is 62.8 Å². The molecule has 2 N–H and O–H groups in total. The van der Waals surface area contributed by atoms with Gasteiger partial charge < -0.3 is 4.90 Å². The smallest absolute Gasteiger partial charge is 0.264 e. The predicted molar refractivity (Wildman–Crippen MR) is 123 cm³/mol. The second-order valence-electron chi connectivity index (χ2n) is 7.34. The van der Waals surface area contributed by atoms with Crippen LogP contribution in [0.4, 0.5) is 5.69 Å². The third-order valence-electron chi connectivity index (χ3n) is 5.21. The lowest BCUT2D eigenvalue weighted by molar-refractivity contribution is 0.255. The molecule has 1 aromatic carbocycles. The maximum absolute atomic E-state index is 12.6. The summed E-state index contributed by atoms with van der Waals surface area (Å²) in [6, 6.07) is 16.6. The summed E-state index contributed by atoms with van der Waals surface area (Å²) in [5.74, 6) is 0. The Morgan fingerprint density at radius 3 is 2.48 bits per heavy atom. The van der Waals surface area contributed by atoms with Crippen molar-refractivity contribution in [2.75, 3.05) is 44.2 Å². The summed E-state index contributed by atoms with van der Waals surface area (Å²) < 4.78 is 28.1. The lowest BCUT2D eigenvalue weighted by Crippen LogP contribution is -2.47. The topological polar surface area (TPSA) is 98.4 Å². The second kappa shape index (κ2) is 9.73. The molecule has 0 unspecified atom stereocenters. The van der Waals surface area contributed by atoms with Crippen LogP contribution in [0.1, 0.15) is 6.42 Å². The quantitative estimate of drug-likeness (QED) is 0.500. The number of sulfonamides is 1. The third kappa shape index (κ3) is 5.59. The molecule has 1 fully saturated rings. The Labute approximate surface area is 185 Å². The number of aromatic amines is 1. The Hall–Kier alpha value is -2.53. The fourth-order valence-electron chi connectivity index (χ4n) is 3.53. The maximum Gasteiger partial charge on any atom is 0.264 e. The zero-order valence-corrected chi connectivity index (χ0v) is 18.7. The van der Waals surface area contributed by atoms with Crippen LogP contribution in [-0.2, 0) is 10.0 Å². The lowest BCUT2D eigenvalue weighted by atomic mass is 10.2. The van der Waals surface area contributed by atoms with Crippen molar-refractivity contribution in [3.8, 4) is 10.6 Å². The summed E-state index contributed by atoms with van der Waals surface area (Å²) in [4.78, 5) is 16.6. The molecular weight excluding hydrogens is 434 g/mol. The molecule has 0 atom stereocenters. The first-order valence-corrected chi connectivity index (χ1v) is 12.5. The van der Waals surface area contributed by atoms with Crippen LogP contribution in [0.15, 0.2) is 63.6 Å². The van der Waals surface area contributed by atoms with Gasteiger partial charge in [0.25, 0.3) is 5.56 Å². The Kier molecular flexibility index (Phi) is 6.81. The summed E-state index contributed by atoms with van der Waals surface area (Å²) in [7, 11) is -3.56. The van der Waals surface area contributed by atoms with E-state index in [2.05, 4.69) is 49.0 Å². The van der Waals surface area contributed by atoms with Crippen molar-refractivity contribution in [2.24, 2.45) is 0 Å². The molecule has 0 radical (unpaired) electrons. The van der Waals surface area contributed by atoms with Crippen molar-refractivity contribution < 1.29 is 8.42 Å². The number of thiophene rings is 1. The van der Waals surface area contributed by atoms with E-state index in [4.69, 9.17) is 0 Å². The molecule has 1 aliphatic rings. The summed E-state index contributed by atoms with van der Waals surface area (Å²) in [5, 5.41) is 6.30. The summed E-state index contributed by atoms with van der Waals surface area (Å²) in [6.45, 7) is 5.16. The van der Waals surface area contributed by atoms with E-state index in [1.54, 1.807) is 18.2 Å². The van der Waals surface area contributed by atoms with Gasteiger partial charge in [0.05, 0.1) is 4.88 Å². The fourth-order valence-corrected chi connectivity index (χ4v) is 5.93. The molecule has 0 aliphatic carbocycles. The van der Waals surface area contributed by atoms with Crippen molar-refractivity contribution in [3.05, 3.63) is 65.0 Å². The number of nitrogens with one attached hydrogen (secondary N) is 2. The summed E-state index contributed by atoms with van der Waals surface area (Å²) in [5.41, 5.74) is 1.50. The first-order chi connectivity index (χ1) is 15.0. The highest BCUT2D eigenvalue weighted by molar-refractivity contribution is 7.91. The standard InChI is InChI=1S/C21H25N5O3S2/c27-20-9-7-18(23-24-20)19-8-10-21(30-19)31(28,29)22-11-4-12-25-13-15-26(16-14-25)17-5-2-1-3-6-17/h1-3,5-10,22H,4,11-16H2,(H,24,27). The zero-order valence-electron chi connectivity index (χ0n) is 17.0. The van der Waals surface area contributed by atoms with Crippen molar-refractivity contribution in [2.45, 2.75) is 10.6 Å². The SMILES string of the molecule is O=c1ccc(-c2ccc(S(=O)(=O)NCCCN3CCN(c4ccccc4)CC3)s2)n[nH]1. The molecule has 3 aromatic rings. The minimum Gasteiger partial charge on any atom is -0.369 e. The largest absolute Gasteiger partial charge is 0.369 e. The van der Waals surface area contributed by atoms with Gasteiger partial charge in [-0.25, -0.2) is 18.2 Å². The molecule has 4 rings (SSSR count). The number of benzene rings is 1. The first-order valence-electron chi connectivity index (χ1n) is 10.2. The second-order valence-corrected chi connectivity index (χ2v) is 10.4. The molecule has 0 amide bonds. The van der Waals surface area contributed by atoms with Gasteiger partial charge in [-0.15, -0.1) is 11.3 Å². The molecule has 2 aromatic heterocycles. The van der Waals surface area contributed by atoms with Crippen molar-refractivity contribution in [1.82, 2.24) is 19.8 Å². The summed E-state index contributed by atoms with van der Waals surface area (Å²) in [6.07, 6.45) is 0.754. The number of aromatic nitrogens is 2. The van der Waals surface area contributed by atoms with Crippen LogP contribution in [0.3, 0.4) is 0 Å². The average Bonchev–Trinajstić information content (AvgIpc) is 3.30. The Bertz CT molecular complexity index is 1130.